The number of fused-ring (bicyclic) bond motifs is 1. The molecule has 0 atom stereocenters. The SMILES string of the molecule is Cc1ccc(C)c(NC(=S)NCCNc2nc3cc(C)cc(C)c3cc2C#N)c1. The standard InChI is InChI=1S/C23H25N5S/c1-14-5-6-16(3)20(10-14)28-23(29)26-8-7-25-22-18(13-24)12-19-17(4)9-15(2)11-21(19)27-22/h5-6,9-12H,7-8H2,1-4H3,(H,25,27)(H2,26,28,29). The van der Waals surface area contributed by atoms with Gasteiger partial charge in [0.2, 0.25) is 0 Å². The smallest absolute Gasteiger partial charge is 0.170 e. The van der Waals surface area contributed by atoms with Crippen LogP contribution < -0.4 is 16.0 Å². The number of aromatic nitrogens is 1. The number of benzene rings is 2. The Morgan fingerprint density at radius 1 is 1.00 bits per heavy atom. The van der Waals surface area contributed by atoms with Crippen LogP contribution in [0.15, 0.2) is 36.4 Å². The zero-order chi connectivity index (χ0) is 21.0. The van der Waals surface area contributed by atoms with Crippen molar-refractivity contribution < 1.29 is 0 Å². The van der Waals surface area contributed by atoms with Crippen molar-refractivity contribution in [2.75, 3.05) is 23.7 Å². The molecule has 1 heterocycles. The summed E-state index contributed by atoms with van der Waals surface area (Å²) in [6, 6.07) is 14.5. The van der Waals surface area contributed by atoms with E-state index in [9.17, 15) is 5.26 Å². The Balaban J connectivity index is 1.61. The number of aryl methyl sites for hydroxylation is 4. The average Bonchev–Trinajstić information content (AvgIpc) is 2.67. The highest BCUT2D eigenvalue weighted by atomic mass is 32.1. The number of pyridine rings is 1. The zero-order valence-corrected chi connectivity index (χ0v) is 18.0. The molecule has 0 amide bonds. The lowest BCUT2D eigenvalue weighted by atomic mass is 10.0. The molecule has 0 saturated heterocycles. The predicted octanol–water partition coefficient (Wildman–Crippen LogP) is 4.74. The van der Waals surface area contributed by atoms with Crippen LogP contribution in [0.3, 0.4) is 0 Å². The first-order valence-corrected chi connectivity index (χ1v) is 9.96. The number of rotatable bonds is 5. The molecule has 29 heavy (non-hydrogen) atoms. The lowest BCUT2D eigenvalue weighted by molar-refractivity contribution is 0.911. The van der Waals surface area contributed by atoms with Gasteiger partial charge in [0, 0.05) is 24.2 Å². The second-order valence-corrected chi connectivity index (χ2v) is 7.68. The number of thiocarbonyl (C=S) groups is 1. The number of anilines is 2. The van der Waals surface area contributed by atoms with Crippen LogP contribution in [0.2, 0.25) is 0 Å². The van der Waals surface area contributed by atoms with Gasteiger partial charge in [-0.1, -0.05) is 18.2 Å². The molecule has 0 saturated carbocycles. The largest absolute Gasteiger partial charge is 0.367 e. The van der Waals surface area contributed by atoms with Crippen LogP contribution in [-0.2, 0) is 0 Å². The Kier molecular flexibility index (Phi) is 6.30. The predicted molar refractivity (Wildman–Crippen MR) is 125 cm³/mol. The number of nitrogens with zero attached hydrogens (tertiary/aromatic N) is 2. The molecule has 0 bridgehead atoms. The van der Waals surface area contributed by atoms with Crippen LogP contribution in [0.25, 0.3) is 10.9 Å². The highest BCUT2D eigenvalue weighted by molar-refractivity contribution is 7.80. The number of hydrogen-bond acceptors (Lipinski definition) is 4. The first kappa shape index (κ1) is 20.6. The fourth-order valence-corrected chi connectivity index (χ4v) is 3.46. The maximum Gasteiger partial charge on any atom is 0.170 e. The zero-order valence-electron chi connectivity index (χ0n) is 17.2. The summed E-state index contributed by atoms with van der Waals surface area (Å²) in [6.45, 7) is 9.38. The third kappa shape index (κ3) is 5.01. The van der Waals surface area contributed by atoms with Gasteiger partial charge >= 0.3 is 0 Å². The van der Waals surface area contributed by atoms with Crippen LogP contribution in [0, 0.1) is 39.0 Å². The molecule has 0 fully saturated rings. The van der Waals surface area contributed by atoms with Crippen LogP contribution in [0.1, 0.15) is 27.8 Å². The van der Waals surface area contributed by atoms with Gasteiger partial charge in [0.25, 0.3) is 0 Å². The molecule has 0 radical (unpaired) electrons. The van der Waals surface area contributed by atoms with E-state index in [2.05, 4.69) is 58.2 Å². The molecule has 3 N–H and O–H groups in total. The summed E-state index contributed by atoms with van der Waals surface area (Å²) in [6.07, 6.45) is 0. The van der Waals surface area contributed by atoms with E-state index in [0.29, 0.717) is 29.6 Å². The third-order valence-corrected chi connectivity index (χ3v) is 5.00. The van der Waals surface area contributed by atoms with Crippen LogP contribution in [-0.4, -0.2) is 23.2 Å². The average molecular weight is 404 g/mol. The minimum Gasteiger partial charge on any atom is -0.367 e. The summed E-state index contributed by atoms with van der Waals surface area (Å²) in [5.74, 6) is 0.597. The van der Waals surface area contributed by atoms with Crippen molar-refractivity contribution in [3.63, 3.8) is 0 Å². The van der Waals surface area contributed by atoms with Gasteiger partial charge in [0.05, 0.1) is 11.1 Å². The molecule has 2 aromatic carbocycles. The van der Waals surface area contributed by atoms with Crippen molar-refractivity contribution in [3.8, 4) is 6.07 Å². The van der Waals surface area contributed by atoms with Crippen molar-refractivity contribution in [3.05, 3.63) is 64.2 Å². The normalized spacial score (nSPS) is 10.4. The lowest BCUT2D eigenvalue weighted by Crippen LogP contribution is -2.32. The first-order chi connectivity index (χ1) is 13.9. The van der Waals surface area contributed by atoms with Crippen molar-refractivity contribution >= 4 is 39.7 Å². The van der Waals surface area contributed by atoms with Gasteiger partial charge in [-0.25, -0.2) is 4.98 Å². The highest BCUT2D eigenvalue weighted by Gasteiger charge is 2.09. The van der Waals surface area contributed by atoms with E-state index < -0.39 is 0 Å². The van der Waals surface area contributed by atoms with Crippen molar-refractivity contribution in [2.24, 2.45) is 0 Å². The number of hydrogen-bond donors (Lipinski definition) is 3. The summed E-state index contributed by atoms with van der Waals surface area (Å²) in [5, 5.41) is 20.8. The van der Waals surface area contributed by atoms with E-state index in [1.807, 2.05) is 32.9 Å². The second kappa shape index (κ2) is 8.89. The van der Waals surface area contributed by atoms with E-state index in [1.54, 1.807) is 0 Å². The monoisotopic (exact) mass is 403 g/mol. The Hall–Kier alpha value is -3.17. The molecule has 0 aliphatic rings. The molecular formula is C23H25N5S. The molecule has 5 nitrogen and oxygen atoms in total. The van der Waals surface area contributed by atoms with Crippen LogP contribution in [0.4, 0.5) is 11.5 Å². The number of nitrogens with one attached hydrogen (secondary N) is 3. The summed E-state index contributed by atoms with van der Waals surface area (Å²) in [4.78, 5) is 4.66. The van der Waals surface area contributed by atoms with Gasteiger partial charge in [-0.15, -0.1) is 0 Å². The van der Waals surface area contributed by atoms with E-state index in [4.69, 9.17) is 12.2 Å². The maximum atomic E-state index is 9.50. The first-order valence-electron chi connectivity index (χ1n) is 9.55. The molecule has 0 aliphatic carbocycles. The topological polar surface area (TPSA) is 72.8 Å². The summed E-state index contributed by atoms with van der Waals surface area (Å²) in [7, 11) is 0. The third-order valence-electron chi connectivity index (χ3n) is 4.75. The molecule has 3 rings (SSSR count). The lowest BCUT2D eigenvalue weighted by Gasteiger charge is -2.14. The number of nitriles is 1. The summed E-state index contributed by atoms with van der Waals surface area (Å²) < 4.78 is 0. The maximum absolute atomic E-state index is 9.50. The minimum absolute atomic E-state index is 0.542. The molecule has 148 valence electrons. The Morgan fingerprint density at radius 3 is 2.55 bits per heavy atom. The van der Waals surface area contributed by atoms with E-state index in [1.165, 1.54) is 5.56 Å². The van der Waals surface area contributed by atoms with Gasteiger partial charge in [0.15, 0.2) is 5.11 Å². The molecule has 0 unspecified atom stereocenters. The molecular weight excluding hydrogens is 378 g/mol. The van der Waals surface area contributed by atoms with Crippen molar-refractivity contribution in [1.82, 2.24) is 10.3 Å². The summed E-state index contributed by atoms with van der Waals surface area (Å²) in [5.41, 5.74) is 7.04. The van der Waals surface area contributed by atoms with Gasteiger partial charge < -0.3 is 16.0 Å². The fraction of sp³-hybridized carbons (Fsp3) is 0.261. The quantitative estimate of drug-likeness (QED) is 0.422. The van der Waals surface area contributed by atoms with Crippen molar-refractivity contribution in [2.45, 2.75) is 27.7 Å². The second-order valence-electron chi connectivity index (χ2n) is 7.27. The van der Waals surface area contributed by atoms with Crippen LogP contribution >= 0.6 is 12.2 Å². The van der Waals surface area contributed by atoms with E-state index in [-0.39, 0.29) is 0 Å². The fourth-order valence-electron chi connectivity index (χ4n) is 3.24. The van der Waals surface area contributed by atoms with Gasteiger partial charge in [-0.3, -0.25) is 0 Å². The van der Waals surface area contributed by atoms with Gasteiger partial charge in [0.1, 0.15) is 11.9 Å². The van der Waals surface area contributed by atoms with Crippen LogP contribution in [0.5, 0.6) is 0 Å². The van der Waals surface area contributed by atoms with Crippen molar-refractivity contribution in [1.29, 1.82) is 5.26 Å². The Morgan fingerprint density at radius 2 is 1.79 bits per heavy atom. The molecule has 1 aromatic heterocycles. The highest BCUT2D eigenvalue weighted by Crippen LogP contribution is 2.24. The van der Waals surface area contributed by atoms with E-state index in [0.717, 1.165) is 33.3 Å². The molecule has 0 spiro atoms. The summed E-state index contributed by atoms with van der Waals surface area (Å²) >= 11 is 5.39. The van der Waals surface area contributed by atoms with Gasteiger partial charge in [-0.05, 0) is 80.4 Å². The minimum atomic E-state index is 0.542. The molecule has 6 heteroatoms. The Labute approximate surface area is 177 Å². The van der Waals surface area contributed by atoms with E-state index >= 15 is 0 Å². The van der Waals surface area contributed by atoms with Gasteiger partial charge in [-0.2, -0.15) is 5.26 Å². The Bertz CT molecular complexity index is 1110. The molecule has 0 aliphatic heterocycles. The molecule has 3 aromatic rings.